The molecule has 202 valence electrons. The summed E-state index contributed by atoms with van der Waals surface area (Å²) in [6.45, 7) is 1.61. The fourth-order valence-corrected chi connectivity index (χ4v) is 3.96. The van der Waals surface area contributed by atoms with E-state index in [4.69, 9.17) is 18.9 Å². The number of methoxy groups -OCH3 is 2. The lowest BCUT2D eigenvalue weighted by Crippen LogP contribution is -2.30. The number of nitrogens with zero attached hydrogens (tertiary/aromatic N) is 1. The Morgan fingerprint density at radius 3 is 2.13 bits per heavy atom. The van der Waals surface area contributed by atoms with Crippen LogP contribution in [-0.4, -0.2) is 57.8 Å². The van der Waals surface area contributed by atoms with Crippen molar-refractivity contribution < 1.29 is 28.5 Å². The van der Waals surface area contributed by atoms with E-state index in [-0.39, 0.29) is 18.3 Å². The molecule has 38 heavy (non-hydrogen) atoms. The van der Waals surface area contributed by atoms with Crippen LogP contribution in [0.3, 0.4) is 0 Å². The molecule has 0 aliphatic rings. The normalized spacial score (nSPS) is 10.5. The van der Waals surface area contributed by atoms with Crippen LogP contribution in [0.5, 0.6) is 17.2 Å². The highest BCUT2D eigenvalue weighted by molar-refractivity contribution is 9.10. The van der Waals surface area contributed by atoms with Crippen LogP contribution in [0.2, 0.25) is 0 Å². The molecule has 3 aromatic carbocycles. The van der Waals surface area contributed by atoms with Crippen molar-refractivity contribution >= 4 is 27.8 Å². The van der Waals surface area contributed by atoms with E-state index < -0.39 is 0 Å². The lowest BCUT2D eigenvalue weighted by molar-refractivity contribution is -0.139. The van der Waals surface area contributed by atoms with Gasteiger partial charge in [-0.1, -0.05) is 46.3 Å². The number of rotatable bonds is 14. The number of amides is 1. The summed E-state index contributed by atoms with van der Waals surface area (Å²) < 4.78 is 22.8. The summed E-state index contributed by atoms with van der Waals surface area (Å²) in [4.78, 5) is 25.8. The molecular weight excluding hydrogens is 550 g/mol. The molecule has 0 saturated heterocycles. The summed E-state index contributed by atoms with van der Waals surface area (Å²) >= 11 is 3.44. The van der Waals surface area contributed by atoms with Crippen LogP contribution in [0.15, 0.2) is 71.2 Å². The number of hydrogen-bond acceptors (Lipinski definition) is 6. The largest absolute Gasteiger partial charge is 0.493 e. The molecule has 7 nitrogen and oxygen atoms in total. The Hall–Kier alpha value is -3.52. The van der Waals surface area contributed by atoms with E-state index in [1.807, 2.05) is 49.5 Å². The monoisotopic (exact) mass is 583 g/mol. The molecule has 0 radical (unpaired) electrons. The number of carbonyl (C=O) groups is 2. The van der Waals surface area contributed by atoms with Gasteiger partial charge in [0.2, 0.25) is 5.91 Å². The molecule has 0 saturated carbocycles. The van der Waals surface area contributed by atoms with Gasteiger partial charge in [-0.25, -0.2) is 0 Å². The number of benzene rings is 3. The summed E-state index contributed by atoms with van der Waals surface area (Å²) in [6, 6.07) is 21.1. The fraction of sp³-hybridized carbons (Fsp3) is 0.333. The van der Waals surface area contributed by atoms with E-state index >= 15 is 0 Å². The van der Waals surface area contributed by atoms with E-state index in [1.165, 1.54) is 12.7 Å². The first-order valence-electron chi connectivity index (χ1n) is 12.4. The Balaban J connectivity index is 1.37. The van der Waals surface area contributed by atoms with E-state index in [0.29, 0.717) is 44.1 Å². The number of ether oxygens (including phenoxy) is 4. The van der Waals surface area contributed by atoms with Gasteiger partial charge in [-0.3, -0.25) is 9.59 Å². The predicted octanol–water partition coefficient (Wildman–Crippen LogP) is 5.26. The van der Waals surface area contributed by atoms with Crippen LogP contribution in [0.1, 0.15) is 23.1 Å². The molecule has 0 N–H and O–H groups in total. The first-order valence-corrected chi connectivity index (χ1v) is 13.2. The molecule has 3 aromatic rings. The Kier molecular flexibility index (Phi) is 11.5. The SMILES string of the molecule is COC(=O)Cc1ccc(OCCCOc2ccc(CC(=O)N(C)CCc3ccc(Br)cc3)cc2)c(OC)c1. The van der Waals surface area contributed by atoms with Gasteiger partial charge in [-0.15, -0.1) is 0 Å². The smallest absolute Gasteiger partial charge is 0.309 e. The first-order chi connectivity index (χ1) is 18.4. The minimum atomic E-state index is -0.308. The standard InChI is InChI=1S/C30H34BrNO6/c1-32(16-15-22-5-10-25(31)11-6-22)29(33)20-23-7-12-26(13-8-23)37-17-4-18-38-27-14-9-24(19-28(27)35-2)21-30(34)36-3/h5-14,19H,4,15-18,20-21H2,1-3H3. The Bertz CT molecular complexity index is 1180. The lowest BCUT2D eigenvalue weighted by Gasteiger charge is -2.17. The van der Waals surface area contributed by atoms with Crippen molar-refractivity contribution in [2.24, 2.45) is 0 Å². The van der Waals surface area contributed by atoms with E-state index in [0.717, 1.165) is 27.8 Å². The number of carbonyl (C=O) groups excluding carboxylic acids is 2. The quantitative estimate of drug-likeness (QED) is 0.190. The summed E-state index contributed by atoms with van der Waals surface area (Å²) in [5, 5.41) is 0. The lowest BCUT2D eigenvalue weighted by atomic mass is 10.1. The molecular formula is C30H34BrNO6. The number of esters is 1. The second kappa shape index (κ2) is 15.0. The van der Waals surface area contributed by atoms with Gasteiger partial charge >= 0.3 is 5.97 Å². The van der Waals surface area contributed by atoms with Crippen molar-refractivity contribution in [3.63, 3.8) is 0 Å². The topological polar surface area (TPSA) is 74.3 Å². The van der Waals surface area contributed by atoms with Crippen molar-refractivity contribution in [3.8, 4) is 17.2 Å². The highest BCUT2D eigenvalue weighted by Crippen LogP contribution is 2.28. The Morgan fingerprint density at radius 1 is 0.789 bits per heavy atom. The zero-order chi connectivity index (χ0) is 27.3. The van der Waals surface area contributed by atoms with Crippen molar-refractivity contribution in [1.29, 1.82) is 0 Å². The predicted molar refractivity (Wildman–Crippen MR) is 150 cm³/mol. The highest BCUT2D eigenvalue weighted by atomic mass is 79.9. The van der Waals surface area contributed by atoms with Gasteiger partial charge in [-0.05, 0) is 59.5 Å². The fourth-order valence-electron chi connectivity index (χ4n) is 3.70. The van der Waals surface area contributed by atoms with Gasteiger partial charge in [0, 0.05) is 24.5 Å². The molecule has 0 atom stereocenters. The van der Waals surface area contributed by atoms with Crippen LogP contribution >= 0.6 is 15.9 Å². The highest BCUT2D eigenvalue weighted by Gasteiger charge is 2.11. The number of halogens is 1. The summed E-state index contributed by atoms with van der Waals surface area (Å²) in [5.74, 6) is 1.70. The van der Waals surface area contributed by atoms with Gasteiger partial charge in [0.15, 0.2) is 11.5 Å². The third kappa shape index (κ3) is 9.41. The maximum Gasteiger partial charge on any atom is 0.309 e. The summed E-state index contributed by atoms with van der Waals surface area (Å²) in [6.07, 6.45) is 2.03. The molecule has 0 aromatic heterocycles. The second-order valence-corrected chi connectivity index (χ2v) is 9.72. The van der Waals surface area contributed by atoms with Crippen LogP contribution < -0.4 is 14.2 Å². The molecule has 0 fully saturated rings. The molecule has 3 rings (SSSR count). The maximum atomic E-state index is 12.6. The van der Waals surface area contributed by atoms with Gasteiger partial charge in [0.05, 0.1) is 40.3 Å². The minimum absolute atomic E-state index is 0.0849. The molecule has 0 aliphatic heterocycles. The second-order valence-electron chi connectivity index (χ2n) is 8.80. The zero-order valence-corrected chi connectivity index (χ0v) is 23.7. The molecule has 1 amide bonds. The van der Waals surface area contributed by atoms with Crippen molar-refractivity contribution in [2.75, 3.05) is 41.0 Å². The molecule has 8 heteroatoms. The van der Waals surface area contributed by atoms with Crippen LogP contribution in [-0.2, 0) is 33.6 Å². The van der Waals surface area contributed by atoms with Gasteiger partial charge in [0.1, 0.15) is 5.75 Å². The minimum Gasteiger partial charge on any atom is -0.493 e. The van der Waals surface area contributed by atoms with E-state index in [1.54, 1.807) is 24.1 Å². The van der Waals surface area contributed by atoms with E-state index in [9.17, 15) is 9.59 Å². The number of likely N-dealkylation sites (N-methyl/N-ethyl adjacent to an activating group) is 1. The van der Waals surface area contributed by atoms with E-state index in [2.05, 4.69) is 28.1 Å². The van der Waals surface area contributed by atoms with Crippen molar-refractivity contribution in [1.82, 2.24) is 4.90 Å². The third-order valence-corrected chi connectivity index (χ3v) is 6.50. The Morgan fingerprint density at radius 2 is 1.45 bits per heavy atom. The molecule has 0 aliphatic carbocycles. The van der Waals surface area contributed by atoms with Crippen LogP contribution in [0, 0.1) is 0 Å². The first kappa shape index (κ1) is 29.0. The molecule has 0 spiro atoms. The summed E-state index contributed by atoms with van der Waals surface area (Å²) in [7, 11) is 4.77. The van der Waals surface area contributed by atoms with Crippen LogP contribution in [0.25, 0.3) is 0 Å². The molecule has 0 bridgehead atoms. The number of hydrogen-bond donors (Lipinski definition) is 0. The third-order valence-electron chi connectivity index (χ3n) is 5.97. The average molecular weight is 585 g/mol. The summed E-state index contributed by atoms with van der Waals surface area (Å²) in [5.41, 5.74) is 2.94. The average Bonchev–Trinajstić information content (AvgIpc) is 2.93. The van der Waals surface area contributed by atoms with Crippen molar-refractivity contribution in [2.45, 2.75) is 25.7 Å². The van der Waals surface area contributed by atoms with Crippen LogP contribution in [0.4, 0.5) is 0 Å². The Labute approximate surface area is 232 Å². The van der Waals surface area contributed by atoms with Crippen molar-refractivity contribution in [3.05, 3.63) is 87.9 Å². The molecule has 0 unspecified atom stereocenters. The van der Waals surface area contributed by atoms with Gasteiger partial charge < -0.3 is 23.8 Å². The van der Waals surface area contributed by atoms with Gasteiger partial charge in [0.25, 0.3) is 0 Å². The maximum absolute atomic E-state index is 12.6. The zero-order valence-electron chi connectivity index (χ0n) is 22.1. The molecule has 0 heterocycles. The van der Waals surface area contributed by atoms with Gasteiger partial charge in [-0.2, -0.15) is 0 Å².